The summed E-state index contributed by atoms with van der Waals surface area (Å²) in [6, 6.07) is 12.8. The van der Waals surface area contributed by atoms with Crippen molar-refractivity contribution in [2.75, 3.05) is 6.79 Å². The molecule has 3 N–H and O–H groups in total. The molecule has 0 aromatic heterocycles. The average Bonchev–Trinajstić information content (AvgIpc) is 3.00. The van der Waals surface area contributed by atoms with E-state index in [1.54, 1.807) is 42.5 Å². The van der Waals surface area contributed by atoms with Gasteiger partial charge in [-0.1, -0.05) is 30.3 Å². The van der Waals surface area contributed by atoms with Gasteiger partial charge in [0.25, 0.3) is 5.91 Å². The summed E-state index contributed by atoms with van der Waals surface area (Å²) < 4.78 is 10.4. The zero-order chi connectivity index (χ0) is 15.5. The van der Waals surface area contributed by atoms with Crippen molar-refractivity contribution < 1.29 is 19.1 Å². The Bertz CT molecular complexity index is 715. The largest absolute Gasteiger partial charge is 0.454 e. The zero-order valence-corrected chi connectivity index (χ0v) is 11.6. The second kappa shape index (κ2) is 5.77. The molecular formula is C16H14N2O4. The Labute approximate surface area is 126 Å². The van der Waals surface area contributed by atoms with Crippen LogP contribution in [-0.2, 0) is 4.79 Å². The molecule has 0 saturated carbocycles. The van der Waals surface area contributed by atoms with Gasteiger partial charge in [-0.05, 0) is 23.8 Å². The van der Waals surface area contributed by atoms with Crippen molar-refractivity contribution in [3.05, 3.63) is 59.7 Å². The predicted molar refractivity (Wildman–Crippen MR) is 78.4 cm³/mol. The van der Waals surface area contributed by atoms with E-state index in [0.29, 0.717) is 22.6 Å². The van der Waals surface area contributed by atoms with E-state index in [1.807, 2.05) is 6.07 Å². The maximum atomic E-state index is 12.3. The summed E-state index contributed by atoms with van der Waals surface area (Å²) in [5.74, 6) is 0.0558. The fraction of sp³-hybridized carbons (Fsp3) is 0.125. The average molecular weight is 298 g/mol. The number of hydrogen-bond acceptors (Lipinski definition) is 4. The fourth-order valence-corrected chi connectivity index (χ4v) is 2.22. The van der Waals surface area contributed by atoms with Gasteiger partial charge in [0.05, 0.1) is 0 Å². The minimum atomic E-state index is -0.890. The summed E-state index contributed by atoms with van der Waals surface area (Å²) in [6.07, 6.45) is 0. The highest BCUT2D eigenvalue weighted by Gasteiger charge is 2.22. The first-order chi connectivity index (χ1) is 10.6. The highest BCUT2D eigenvalue weighted by molar-refractivity contribution is 5.98. The zero-order valence-electron chi connectivity index (χ0n) is 11.6. The molecule has 2 aromatic carbocycles. The lowest BCUT2D eigenvalue weighted by atomic mass is 10.1. The molecular weight excluding hydrogens is 284 g/mol. The van der Waals surface area contributed by atoms with Crippen molar-refractivity contribution in [2.24, 2.45) is 5.73 Å². The highest BCUT2D eigenvalue weighted by Crippen LogP contribution is 2.32. The number of nitrogens with one attached hydrogen (secondary N) is 1. The minimum Gasteiger partial charge on any atom is -0.454 e. The van der Waals surface area contributed by atoms with Crippen LogP contribution in [0.1, 0.15) is 22.0 Å². The number of fused-ring (bicyclic) bond motifs is 1. The summed E-state index contributed by atoms with van der Waals surface area (Å²) in [4.78, 5) is 23.9. The van der Waals surface area contributed by atoms with Gasteiger partial charge >= 0.3 is 0 Å². The number of ether oxygens (including phenoxy) is 2. The van der Waals surface area contributed by atoms with Crippen LogP contribution in [0, 0.1) is 0 Å². The number of primary amides is 1. The van der Waals surface area contributed by atoms with Gasteiger partial charge in [-0.2, -0.15) is 0 Å². The lowest BCUT2D eigenvalue weighted by molar-refractivity contribution is -0.120. The van der Waals surface area contributed by atoms with Gasteiger partial charge in [-0.25, -0.2) is 0 Å². The molecule has 0 aliphatic carbocycles. The first kappa shape index (κ1) is 13.9. The van der Waals surface area contributed by atoms with Crippen molar-refractivity contribution in [3.63, 3.8) is 0 Å². The van der Waals surface area contributed by atoms with Gasteiger partial charge in [-0.3, -0.25) is 9.59 Å². The van der Waals surface area contributed by atoms with Crippen LogP contribution in [-0.4, -0.2) is 18.6 Å². The highest BCUT2D eigenvalue weighted by atomic mass is 16.7. The number of hydrogen-bond donors (Lipinski definition) is 2. The van der Waals surface area contributed by atoms with Crippen LogP contribution in [0.4, 0.5) is 0 Å². The van der Waals surface area contributed by atoms with Crippen LogP contribution < -0.4 is 20.5 Å². The van der Waals surface area contributed by atoms with Crippen LogP contribution in [0.3, 0.4) is 0 Å². The molecule has 112 valence electrons. The van der Waals surface area contributed by atoms with Crippen molar-refractivity contribution >= 4 is 11.8 Å². The fourth-order valence-electron chi connectivity index (χ4n) is 2.22. The Morgan fingerprint density at radius 2 is 1.77 bits per heavy atom. The van der Waals surface area contributed by atoms with Crippen molar-refractivity contribution in [2.45, 2.75) is 6.04 Å². The molecule has 6 nitrogen and oxygen atoms in total. The molecule has 0 spiro atoms. The SMILES string of the molecule is NC(=O)C(NC(=O)c1ccc2c(c1)OCO2)c1ccccc1. The van der Waals surface area contributed by atoms with Gasteiger partial charge in [-0.15, -0.1) is 0 Å². The van der Waals surface area contributed by atoms with Crippen LogP contribution in [0.15, 0.2) is 48.5 Å². The third kappa shape index (κ3) is 2.71. The first-order valence-corrected chi connectivity index (χ1v) is 6.70. The minimum absolute atomic E-state index is 0.133. The van der Waals surface area contributed by atoms with Crippen LogP contribution in [0.2, 0.25) is 0 Å². The number of carbonyl (C=O) groups excluding carboxylic acids is 2. The normalized spacial score (nSPS) is 13.5. The van der Waals surface area contributed by atoms with E-state index in [0.717, 1.165) is 0 Å². The summed E-state index contributed by atoms with van der Waals surface area (Å²) >= 11 is 0. The first-order valence-electron chi connectivity index (χ1n) is 6.70. The van der Waals surface area contributed by atoms with Crippen LogP contribution >= 0.6 is 0 Å². The molecule has 0 radical (unpaired) electrons. The number of amides is 2. The van der Waals surface area contributed by atoms with E-state index >= 15 is 0 Å². The van der Waals surface area contributed by atoms with Gasteiger partial charge in [0.15, 0.2) is 11.5 Å². The van der Waals surface area contributed by atoms with Crippen molar-refractivity contribution in [1.29, 1.82) is 0 Å². The molecule has 6 heteroatoms. The topological polar surface area (TPSA) is 90.7 Å². The molecule has 1 aliphatic rings. The quantitative estimate of drug-likeness (QED) is 0.892. The maximum absolute atomic E-state index is 12.3. The number of benzene rings is 2. The van der Waals surface area contributed by atoms with E-state index in [4.69, 9.17) is 15.2 Å². The molecule has 1 unspecified atom stereocenters. The van der Waals surface area contributed by atoms with Gasteiger partial charge < -0.3 is 20.5 Å². The smallest absolute Gasteiger partial charge is 0.252 e. The Morgan fingerprint density at radius 3 is 2.50 bits per heavy atom. The molecule has 1 heterocycles. The van der Waals surface area contributed by atoms with Gasteiger partial charge in [0, 0.05) is 5.56 Å². The Kier molecular flexibility index (Phi) is 3.65. The Balaban J connectivity index is 1.81. The third-order valence-electron chi connectivity index (χ3n) is 3.33. The maximum Gasteiger partial charge on any atom is 0.252 e. The number of carbonyl (C=O) groups is 2. The van der Waals surface area contributed by atoms with Crippen LogP contribution in [0.5, 0.6) is 11.5 Å². The lowest BCUT2D eigenvalue weighted by Crippen LogP contribution is -2.37. The Hall–Kier alpha value is -3.02. The molecule has 2 aromatic rings. The van der Waals surface area contributed by atoms with Gasteiger partial charge in [0.1, 0.15) is 6.04 Å². The molecule has 0 bridgehead atoms. The standard InChI is InChI=1S/C16H14N2O4/c17-15(19)14(10-4-2-1-3-5-10)18-16(20)11-6-7-12-13(8-11)22-9-21-12/h1-8,14H,9H2,(H2,17,19)(H,18,20). The van der Waals surface area contributed by atoms with Crippen molar-refractivity contribution in [3.8, 4) is 11.5 Å². The lowest BCUT2D eigenvalue weighted by Gasteiger charge is -2.16. The summed E-state index contributed by atoms with van der Waals surface area (Å²) in [5, 5.41) is 2.63. The summed E-state index contributed by atoms with van der Waals surface area (Å²) in [7, 11) is 0. The van der Waals surface area contributed by atoms with Crippen molar-refractivity contribution in [1.82, 2.24) is 5.32 Å². The molecule has 3 rings (SSSR count). The number of nitrogens with two attached hydrogens (primary N) is 1. The van der Waals surface area contributed by atoms with E-state index in [1.165, 1.54) is 0 Å². The summed E-state index contributed by atoms with van der Waals surface area (Å²) in [6.45, 7) is 0.133. The third-order valence-corrected chi connectivity index (χ3v) is 3.33. The molecule has 1 atom stereocenters. The van der Waals surface area contributed by atoms with E-state index in [-0.39, 0.29) is 6.79 Å². The molecule has 2 amide bonds. The molecule has 0 fully saturated rings. The van der Waals surface area contributed by atoms with Gasteiger partial charge in [0.2, 0.25) is 12.7 Å². The van der Waals surface area contributed by atoms with E-state index in [9.17, 15) is 9.59 Å². The molecule has 22 heavy (non-hydrogen) atoms. The second-order valence-corrected chi connectivity index (χ2v) is 4.79. The molecule has 0 saturated heterocycles. The van der Waals surface area contributed by atoms with Crippen LogP contribution in [0.25, 0.3) is 0 Å². The number of rotatable bonds is 4. The van der Waals surface area contributed by atoms with E-state index in [2.05, 4.69) is 5.32 Å². The summed E-state index contributed by atoms with van der Waals surface area (Å²) in [5.41, 5.74) is 6.38. The Morgan fingerprint density at radius 1 is 1.05 bits per heavy atom. The second-order valence-electron chi connectivity index (χ2n) is 4.79. The monoisotopic (exact) mass is 298 g/mol. The molecule has 1 aliphatic heterocycles. The van der Waals surface area contributed by atoms with E-state index < -0.39 is 17.9 Å². The predicted octanol–water partition coefficient (Wildman–Crippen LogP) is 1.37.